The minimum atomic E-state index is -0.724. The van der Waals surface area contributed by atoms with E-state index in [4.69, 9.17) is 5.73 Å². The van der Waals surface area contributed by atoms with Crippen molar-refractivity contribution in [2.45, 2.75) is 26.8 Å². The van der Waals surface area contributed by atoms with Crippen LogP contribution in [-0.4, -0.2) is 31.1 Å². The second-order valence-corrected chi connectivity index (χ2v) is 8.67. The Bertz CT molecular complexity index is 1500. The van der Waals surface area contributed by atoms with Gasteiger partial charge in [0, 0.05) is 36.6 Å². The third-order valence-electron chi connectivity index (χ3n) is 6.14. The fourth-order valence-corrected chi connectivity index (χ4v) is 4.35. The molecule has 0 spiro atoms. The first-order valence-electron chi connectivity index (χ1n) is 11.1. The summed E-state index contributed by atoms with van der Waals surface area (Å²) in [5, 5.41) is 10.5. The number of rotatable bonds is 4. The molecule has 178 valence electrons. The summed E-state index contributed by atoms with van der Waals surface area (Å²) in [4.78, 5) is 29.3. The number of primary amides is 1. The molecule has 4 aromatic rings. The van der Waals surface area contributed by atoms with E-state index in [9.17, 15) is 9.59 Å². The van der Waals surface area contributed by atoms with E-state index in [1.54, 1.807) is 28.8 Å². The molecule has 2 aromatic carbocycles. The van der Waals surface area contributed by atoms with E-state index >= 15 is 4.39 Å². The minimum Gasteiger partial charge on any atom is -0.365 e. The Morgan fingerprint density at radius 1 is 1.20 bits per heavy atom. The van der Waals surface area contributed by atoms with Crippen LogP contribution < -0.4 is 16.4 Å². The highest BCUT2D eigenvalue weighted by Gasteiger charge is 2.28. The van der Waals surface area contributed by atoms with Gasteiger partial charge in [-0.15, -0.1) is 0 Å². The Morgan fingerprint density at radius 3 is 2.71 bits per heavy atom. The molecular formula is C25H24FN7O2. The lowest BCUT2D eigenvalue weighted by Crippen LogP contribution is -2.16. The van der Waals surface area contributed by atoms with Gasteiger partial charge in [0.1, 0.15) is 22.9 Å². The number of halogens is 1. The molecule has 35 heavy (non-hydrogen) atoms. The number of hydrogen-bond acceptors (Lipinski definition) is 5. The van der Waals surface area contributed by atoms with E-state index in [0.717, 1.165) is 16.8 Å². The van der Waals surface area contributed by atoms with Crippen LogP contribution in [0, 0.1) is 19.7 Å². The summed E-state index contributed by atoms with van der Waals surface area (Å²) in [5.74, 6) is -1.08. The number of benzene rings is 2. The third-order valence-corrected chi connectivity index (χ3v) is 6.14. The molecule has 0 atom stereocenters. The SMILES string of the molecule is Cc1ccc2c(c1)CCn1nc(-c3ccc(C(=O)Nc4cn(C)cn4)c(C)c3F)c(C(N)=O)c1N2. The normalized spacial score (nSPS) is 12.3. The number of carbonyl (C=O) groups excluding carboxylic acids is 2. The van der Waals surface area contributed by atoms with Gasteiger partial charge in [0.25, 0.3) is 11.8 Å². The molecule has 3 heterocycles. The summed E-state index contributed by atoms with van der Waals surface area (Å²) < 4.78 is 18.9. The van der Waals surface area contributed by atoms with E-state index in [2.05, 4.69) is 26.8 Å². The molecular weight excluding hydrogens is 449 g/mol. The lowest BCUT2D eigenvalue weighted by molar-refractivity contribution is 0.0998. The van der Waals surface area contributed by atoms with Gasteiger partial charge < -0.3 is 20.9 Å². The van der Waals surface area contributed by atoms with Crippen LogP contribution in [-0.2, 0) is 20.0 Å². The quantitative estimate of drug-likeness (QED) is 0.418. The van der Waals surface area contributed by atoms with Gasteiger partial charge in [-0.1, -0.05) is 17.7 Å². The molecule has 1 aliphatic heterocycles. The Balaban J connectivity index is 1.55. The number of nitrogens with one attached hydrogen (secondary N) is 2. The van der Waals surface area contributed by atoms with Crippen molar-refractivity contribution in [3.05, 3.63) is 76.5 Å². The van der Waals surface area contributed by atoms with Gasteiger partial charge in [-0.05, 0) is 49.6 Å². The monoisotopic (exact) mass is 473 g/mol. The van der Waals surface area contributed by atoms with E-state index in [-0.39, 0.29) is 27.9 Å². The van der Waals surface area contributed by atoms with Crippen LogP contribution in [0.4, 0.5) is 21.7 Å². The van der Waals surface area contributed by atoms with E-state index < -0.39 is 17.6 Å². The zero-order valence-corrected chi connectivity index (χ0v) is 19.5. The zero-order valence-electron chi connectivity index (χ0n) is 19.5. The number of nitrogens with two attached hydrogens (primary N) is 1. The van der Waals surface area contributed by atoms with Crippen molar-refractivity contribution in [2.75, 3.05) is 10.6 Å². The predicted octanol–water partition coefficient (Wildman–Crippen LogP) is 3.69. The van der Waals surface area contributed by atoms with Crippen molar-refractivity contribution in [1.29, 1.82) is 0 Å². The van der Waals surface area contributed by atoms with Gasteiger partial charge in [-0.3, -0.25) is 9.59 Å². The third kappa shape index (κ3) is 3.92. The van der Waals surface area contributed by atoms with E-state index in [1.807, 2.05) is 19.1 Å². The highest BCUT2D eigenvalue weighted by atomic mass is 19.1. The molecule has 5 rings (SSSR count). The van der Waals surface area contributed by atoms with Gasteiger partial charge in [0.15, 0.2) is 5.82 Å². The summed E-state index contributed by atoms with van der Waals surface area (Å²) in [5.41, 5.74) is 9.42. The second-order valence-electron chi connectivity index (χ2n) is 8.67. The highest BCUT2D eigenvalue weighted by molar-refractivity contribution is 6.06. The van der Waals surface area contributed by atoms with Crippen LogP contribution in [0.25, 0.3) is 11.3 Å². The maximum absolute atomic E-state index is 15.6. The van der Waals surface area contributed by atoms with Crippen LogP contribution in [0.15, 0.2) is 42.9 Å². The number of nitrogens with zero attached hydrogens (tertiary/aromatic N) is 4. The number of anilines is 3. The average molecular weight is 474 g/mol. The number of hydrogen-bond donors (Lipinski definition) is 3. The van der Waals surface area contributed by atoms with Crippen LogP contribution in [0.5, 0.6) is 0 Å². The molecule has 0 saturated carbocycles. The van der Waals surface area contributed by atoms with Crippen LogP contribution >= 0.6 is 0 Å². The molecule has 0 unspecified atom stereocenters. The summed E-state index contributed by atoms with van der Waals surface area (Å²) >= 11 is 0. The van der Waals surface area contributed by atoms with Gasteiger partial charge in [-0.25, -0.2) is 14.1 Å². The molecule has 0 bridgehead atoms. The van der Waals surface area contributed by atoms with E-state index in [0.29, 0.717) is 24.6 Å². The number of amides is 2. The molecule has 0 aliphatic carbocycles. The Morgan fingerprint density at radius 2 is 2.00 bits per heavy atom. The Labute approximate surface area is 200 Å². The smallest absolute Gasteiger partial charge is 0.257 e. The number of aromatic nitrogens is 4. The number of fused-ring (bicyclic) bond motifs is 2. The Kier molecular flexibility index (Phi) is 5.35. The molecule has 2 aromatic heterocycles. The van der Waals surface area contributed by atoms with Crippen LogP contribution in [0.3, 0.4) is 0 Å². The van der Waals surface area contributed by atoms with Crippen LogP contribution in [0.1, 0.15) is 37.4 Å². The van der Waals surface area contributed by atoms with Gasteiger partial charge in [0.05, 0.1) is 6.33 Å². The first kappa shape index (κ1) is 22.3. The zero-order chi connectivity index (χ0) is 24.9. The maximum Gasteiger partial charge on any atom is 0.257 e. The van der Waals surface area contributed by atoms with Crippen molar-refractivity contribution >= 4 is 29.1 Å². The highest BCUT2D eigenvalue weighted by Crippen LogP contribution is 2.36. The summed E-state index contributed by atoms with van der Waals surface area (Å²) in [7, 11) is 1.78. The van der Waals surface area contributed by atoms with Gasteiger partial charge >= 0.3 is 0 Å². The fraction of sp³-hybridized carbons (Fsp3) is 0.200. The first-order chi connectivity index (χ1) is 16.7. The minimum absolute atomic E-state index is 0.0946. The van der Waals surface area contributed by atoms with E-state index in [1.165, 1.54) is 19.1 Å². The van der Waals surface area contributed by atoms with Crippen molar-refractivity contribution in [3.8, 4) is 11.3 Å². The molecule has 0 radical (unpaired) electrons. The van der Waals surface area contributed by atoms with Gasteiger partial charge in [0.2, 0.25) is 0 Å². The topological polar surface area (TPSA) is 120 Å². The molecule has 2 amide bonds. The fourth-order valence-electron chi connectivity index (χ4n) is 4.35. The lowest BCUT2D eigenvalue weighted by Gasteiger charge is -2.11. The largest absolute Gasteiger partial charge is 0.365 e. The molecule has 9 nitrogen and oxygen atoms in total. The van der Waals surface area contributed by atoms with Crippen molar-refractivity contribution in [1.82, 2.24) is 19.3 Å². The van der Waals surface area contributed by atoms with Gasteiger partial charge in [-0.2, -0.15) is 5.10 Å². The number of imidazole rings is 1. The van der Waals surface area contributed by atoms with Crippen molar-refractivity contribution in [2.24, 2.45) is 12.8 Å². The second kappa shape index (κ2) is 8.39. The number of carbonyl (C=O) groups is 2. The molecule has 10 heteroatoms. The standard InChI is InChI=1S/C25H24FN7O2/c1-13-4-7-18-15(10-13)8-9-33-24(29-18)20(23(27)34)22(31-33)17-6-5-16(14(2)21(17)26)25(35)30-19-11-32(3)12-28-19/h4-7,10-12,29H,8-9H2,1-3H3,(H2,27,34)(H,30,35). The molecule has 0 fully saturated rings. The van der Waals surface area contributed by atoms with Crippen molar-refractivity contribution in [3.63, 3.8) is 0 Å². The summed E-state index contributed by atoms with van der Waals surface area (Å²) in [6, 6.07) is 8.95. The number of aryl methyl sites for hydroxylation is 4. The van der Waals surface area contributed by atoms with Crippen molar-refractivity contribution < 1.29 is 14.0 Å². The lowest BCUT2D eigenvalue weighted by atomic mass is 9.99. The predicted molar refractivity (Wildman–Crippen MR) is 130 cm³/mol. The molecule has 1 aliphatic rings. The average Bonchev–Trinajstić information content (AvgIpc) is 3.33. The first-order valence-corrected chi connectivity index (χ1v) is 11.1. The molecule has 0 saturated heterocycles. The van der Waals surface area contributed by atoms with Crippen LogP contribution in [0.2, 0.25) is 0 Å². The maximum atomic E-state index is 15.6. The molecule has 4 N–H and O–H groups in total. The summed E-state index contributed by atoms with van der Waals surface area (Å²) in [6.07, 6.45) is 3.88. The Hall–Kier alpha value is -4.47. The summed E-state index contributed by atoms with van der Waals surface area (Å²) in [6.45, 7) is 4.01.